The van der Waals surface area contributed by atoms with E-state index >= 15 is 0 Å². The summed E-state index contributed by atoms with van der Waals surface area (Å²) in [6, 6.07) is -0.915. The molecule has 12 atom stereocenters. The zero-order valence-corrected chi connectivity index (χ0v) is 52.4. The third-order valence-electron chi connectivity index (χ3n) is 16.5. The number of carbonyl (C=O) groups excluding carboxylic acids is 1. The molecule has 14 heteroatoms. The van der Waals surface area contributed by atoms with E-state index in [1.54, 1.807) is 6.08 Å². The average molecular weight is 1180 g/mol. The van der Waals surface area contributed by atoms with E-state index in [2.05, 4.69) is 67.8 Å². The van der Waals surface area contributed by atoms with Crippen molar-refractivity contribution >= 4 is 5.91 Å². The lowest BCUT2D eigenvalue weighted by Gasteiger charge is -2.46. The van der Waals surface area contributed by atoms with Gasteiger partial charge in [-0.3, -0.25) is 4.79 Å². The average Bonchev–Trinajstić information content (AvgIpc) is 3.63. The van der Waals surface area contributed by atoms with Gasteiger partial charge < -0.3 is 65.1 Å². The minimum Gasteiger partial charge on any atom is -0.394 e. The molecular formula is C69H125NO13. The van der Waals surface area contributed by atoms with Crippen LogP contribution in [0.3, 0.4) is 0 Å². The highest BCUT2D eigenvalue weighted by atomic mass is 16.7. The Morgan fingerprint density at radius 1 is 0.446 bits per heavy atom. The SMILES string of the molecule is CC/C=C\C/C=C\C/C=C\C/C=C\CCCCCCCCCCCCCCCCCCCCCCC(=O)NC(COC1OC(CO)C(OC2OC(CO)C(O)C(O)C2O)C(O)C1O)C(O)/C=C/CCCCCCCCCCCCCCCC. The summed E-state index contributed by atoms with van der Waals surface area (Å²) >= 11 is 0. The third kappa shape index (κ3) is 38.6. The van der Waals surface area contributed by atoms with Crippen molar-refractivity contribution < 1.29 is 64.6 Å². The van der Waals surface area contributed by atoms with E-state index in [1.165, 1.54) is 186 Å². The normalized spacial score (nSPS) is 24.2. The summed E-state index contributed by atoms with van der Waals surface area (Å²) in [7, 11) is 0. The van der Waals surface area contributed by atoms with Crippen LogP contribution >= 0.6 is 0 Å². The van der Waals surface area contributed by atoms with Gasteiger partial charge in [0, 0.05) is 6.42 Å². The standard InChI is InChI=1S/C69H125NO13/c1-3-5-7-9-11-13-15-17-19-21-22-23-24-25-26-27-28-29-30-31-32-33-34-35-36-37-39-41-43-45-47-49-51-53-61(74)70-57(58(73)52-50-48-46-44-42-40-38-20-18-16-14-12-10-8-6-4-2)56-80-68-66(79)64(77)67(60(55-72)82-68)83-69-65(78)63(76)62(75)59(54-71)81-69/h5,7,11,13,17,19,22-23,50,52,57-60,62-69,71-73,75-79H,3-4,6,8-10,12,14-16,18,20-21,24-49,51,53-56H2,1-2H3,(H,70,74)/b7-5-,13-11-,19-17-,23-22-,52-50+. The molecule has 0 radical (unpaired) electrons. The van der Waals surface area contributed by atoms with Gasteiger partial charge in [0.25, 0.3) is 0 Å². The number of aliphatic hydroxyl groups is 8. The van der Waals surface area contributed by atoms with Crippen molar-refractivity contribution in [2.24, 2.45) is 0 Å². The molecule has 1 amide bonds. The van der Waals surface area contributed by atoms with Gasteiger partial charge >= 0.3 is 0 Å². The van der Waals surface area contributed by atoms with Gasteiger partial charge in [0.1, 0.15) is 48.8 Å². The zero-order valence-electron chi connectivity index (χ0n) is 52.4. The van der Waals surface area contributed by atoms with E-state index in [9.17, 15) is 45.6 Å². The van der Waals surface area contributed by atoms with Crippen LogP contribution in [0.25, 0.3) is 0 Å². The van der Waals surface area contributed by atoms with Crippen molar-refractivity contribution in [1.82, 2.24) is 5.32 Å². The molecule has 0 aromatic rings. The van der Waals surface area contributed by atoms with Crippen molar-refractivity contribution in [3.8, 4) is 0 Å². The second kappa shape index (κ2) is 53.9. The molecular weight excluding hydrogens is 1050 g/mol. The molecule has 12 unspecified atom stereocenters. The lowest BCUT2D eigenvalue weighted by atomic mass is 9.97. The molecule has 83 heavy (non-hydrogen) atoms. The topological polar surface area (TPSA) is 228 Å². The highest BCUT2D eigenvalue weighted by molar-refractivity contribution is 5.76. The van der Waals surface area contributed by atoms with Crippen molar-refractivity contribution in [3.63, 3.8) is 0 Å². The first-order valence-corrected chi connectivity index (χ1v) is 34.0. The Kier molecular flexibility index (Phi) is 49.9. The van der Waals surface area contributed by atoms with Crippen molar-refractivity contribution in [1.29, 1.82) is 0 Å². The van der Waals surface area contributed by atoms with Crippen molar-refractivity contribution in [2.75, 3.05) is 19.8 Å². The van der Waals surface area contributed by atoms with Gasteiger partial charge in [-0.2, -0.15) is 0 Å². The van der Waals surface area contributed by atoms with Gasteiger partial charge in [-0.25, -0.2) is 0 Å². The summed E-state index contributed by atoms with van der Waals surface area (Å²) in [4.78, 5) is 13.3. The Morgan fingerprint density at radius 3 is 1.28 bits per heavy atom. The summed E-state index contributed by atoms with van der Waals surface area (Å²) in [6.45, 7) is 2.71. The number of carbonyl (C=O) groups is 1. The van der Waals surface area contributed by atoms with E-state index in [4.69, 9.17) is 18.9 Å². The second-order valence-corrected chi connectivity index (χ2v) is 23.9. The predicted molar refractivity (Wildman–Crippen MR) is 337 cm³/mol. The van der Waals surface area contributed by atoms with E-state index in [-0.39, 0.29) is 18.9 Å². The summed E-state index contributed by atoms with van der Waals surface area (Å²) in [5.74, 6) is -0.236. The number of nitrogens with one attached hydrogen (secondary N) is 1. The molecule has 0 aromatic carbocycles. The van der Waals surface area contributed by atoms with E-state index < -0.39 is 86.8 Å². The fourth-order valence-electron chi connectivity index (χ4n) is 11.0. The van der Waals surface area contributed by atoms with Gasteiger partial charge in [-0.1, -0.05) is 274 Å². The van der Waals surface area contributed by atoms with Crippen LogP contribution in [0.2, 0.25) is 0 Å². The van der Waals surface area contributed by atoms with Crippen LogP contribution in [-0.4, -0.2) is 140 Å². The maximum Gasteiger partial charge on any atom is 0.220 e. The first-order chi connectivity index (χ1) is 40.6. The minimum absolute atomic E-state index is 0.236. The number of rotatable bonds is 55. The molecule has 0 aromatic heterocycles. The first kappa shape index (κ1) is 76.8. The molecule has 9 N–H and O–H groups in total. The van der Waals surface area contributed by atoms with E-state index in [1.807, 2.05) is 6.08 Å². The maximum atomic E-state index is 13.3. The summed E-state index contributed by atoms with van der Waals surface area (Å²) < 4.78 is 22.8. The summed E-state index contributed by atoms with van der Waals surface area (Å²) in [6.07, 6.45) is 54.2. The van der Waals surface area contributed by atoms with E-state index in [0.717, 1.165) is 64.2 Å². The van der Waals surface area contributed by atoms with Crippen molar-refractivity contribution in [3.05, 3.63) is 60.8 Å². The van der Waals surface area contributed by atoms with Crippen LogP contribution in [0.15, 0.2) is 60.8 Å². The monoisotopic (exact) mass is 1180 g/mol. The molecule has 2 fully saturated rings. The lowest BCUT2D eigenvalue weighted by Crippen LogP contribution is -2.65. The minimum atomic E-state index is -1.79. The molecule has 0 aliphatic carbocycles. The molecule has 2 heterocycles. The van der Waals surface area contributed by atoms with Crippen LogP contribution in [-0.2, 0) is 23.7 Å². The Bertz CT molecular complexity index is 1620. The van der Waals surface area contributed by atoms with Gasteiger partial charge in [-0.05, 0) is 57.8 Å². The number of amides is 1. The zero-order chi connectivity index (χ0) is 60.2. The fourth-order valence-corrected chi connectivity index (χ4v) is 11.0. The number of aliphatic hydroxyl groups excluding tert-OH is 8. The predicted octanol–water partition coefficient (Wildman–Crippen LogP) is 13.3. The second-order valence-electron chi connectivity index (χ2n) is 23.9. The highest BCUT2D eigenvalue weighted by Crippen LogP contribution is 2.30. The number of ether oxygens (including phenoxy) is 4. The van der Waals surface area contributed by atoms with Crippen LogP contribution in [0, 0.1) is 0 Å². The van der Waals surface area contributed by atoms with Crippen LogP contribution in [0.5, 0.6) is 0 Å². The molecule has 2 rings (SSSR count). The fraction of sp³-hybridized carbons (Fsp3) is 0.841. The van der Waals surface area contributed by atoms with E-state index in [0.29, 0.717) is 6.42 Å². The summed E-state index contributed by atoms with van der Waals surface area (Å²) in [5.41, 5.74) is 0. The van der Waals surface area contributed by atoms with Gasteiger partial charge in [0.2, 0.25) is 5.91 Å². The Labute approximate surface area is 505 Å². The van der Waals surface area contributed by atoms with Gasteiger partial charge in [-0.15, -0.1) is 0 Å². The van der Waals surface area contributed by atoms with Crippen LogP contribution in [0.4, 0.5) is 0 Å². The quantitative estimate of drug-likeness (QED) is 0.0204. The number of hydrogen-bond acceptors (Lipinski definition) is 13. The Morgan fingerprint density at radius 2 is 0.831 bits per heavy atom. The van der Waals surface area contributed by atoms with Crippen LogP contribution in [0.1, 0.15) is 277 Å². The molecule has 2 aliphatic heterocycles. The summed E-state index contributed by atoms with van der Waals surface area (Å²) in [5, 5.41) is 87.3. The number of unbranched alkanes of at least 4 members (excludes halogenated alkanes) is 34. The molecule has 0 saturated carbocycles. The maximum absolute atomic E-state index is 13.3. The smallest absolute Gasteiger partial charge is 0.220 e. The molecule has 0 spiro atoms. The third-order valence-corrected chi connectivity index (χ3v) is 16.5. The molecule has 0 bridgehead atoms. The first-order valence-electron chi connectivity index (χ1n) is 34.0. The van der Waals surface area contributed by atoms with Gasteiger partial charge in [0.05, 0.1) is 32.0 Å². The van der Waals surface area contributed by atoms with Gasteiger partial charge in [0.15, 0.2) is 12.6 Å². The number of hydrogen-bond donors (Lipinski definition) is 9. The largest absolute Gasteiger partial charge is 0.394 e. The van der Waals surface area contributed by atoms with Crippen LogP contribution < -0.4 is 5.32 Å². The molecule has 484 valence electrons. The Hall–Kier alpha value is -2.31. The lowest BCUT2D eigenvalue weighted by molar-refractivity contribution is -0.359. The molecule has 2 saturated heterocycles. The highest BCUT2D eigenvalue weighted by Gasteiger charge is 2.51. The molecule has 14 nitrogen and oxygen atoms in total. The van der Waals surface area contributed by atoms with Crippen molar-refractivity contribution in [2.45, 2.75) is 351 Å². The number of allylic oxidation sites excluding steroid dienone is 9. The molecule has 2 aliphatic rings. The Balaban J connectivity index is 1.63.